The van der Waals surface area contributed by atoms with Crippen molar-refractivity contribution in [1.29, 1.82) is 0 Å². The van der Waals surface area contributed by atoms with Gasteiger partial charge in [0.05, 0.1) is 6.61 Å². The highest BCUT2D eigenvalue weighted by Crippen LogP contribution is 2.28. The zero-order valence-electron chi connectivity index (χ0n) is 11.3. The molecule has 3 heteroatoms. The van der Waals surface area contributed by atoms with Crippen LogP contribution in [0, 0.1) is 5.92 Å². The maximum absolute atomic E-state index is 5.20. The van der Waals surface area contributed by atoms with Gasteiger partial charge in [-0.3, -0.25) is 4.90 Å². The van der Waals surface area contributed by atoms with Gasteiger partial charge in [0.1, 0.15) is 0 Å². The Kier molecular flexibility index (Phi) is 6.32. The number of nitrogens with zero attached hydrogens (tertiary/aromatic N) is 1. The summed E-state index contributed by atoms with van der Waals surface area (Å²) in [4.78, 5) is 2.41. The molecule has 1 aliphatic rings. The van der Waals surface area contributed by atoms with Crippen LogP contribution in [0.2, 0.25) is 0 Å². The van der Waals surface area contributed by atoms with Crippen LogP contribution in [0.1, 0.15) is 32.6 Å². The van der Waals surface area contributed by atoms with E-state index in [0.717, 1.165) is 19.1 Å². The highest BCUT2D eigenvalue weighted by Gasteiger charge is 2.25. The van der Waals surface area contributed by atoms with Gasteiger partial charge in [-0.25, -0.2) is 0 Å². The van der Waals surface area contributed by atoms with Crippen LogP contribution >= 0.6 is 0 Å². The Hall–Kier alpha value is -0.120. The molecule has 0 aromatic carbocycles. The smallest absolute Gasteiger partial charge is 0.0615 e. The van der Waals surface area contributed by atoms with E-state index < -0.39 is 0 Å². The van der Waals surface area contributed by atoms with Gasteiger partial charge < -0.3 is 10.1 Å². The zero-order valence-corrected chi connectivity index (χ0v) is 11.3. The predicted molar refractivity (Wildman–Crippen MR) is 68.8 cm³/mol. The van der Waals surface area contributed by atoms with E-state index in [1.807, 2.05) is 0 Å². The van der Waals surface area contributed by atoms with E-state index in [1.54, 1.807) is 7.11 Å². The molecular weight excluding hydrogens is 200 g/mol. The lowest BCUT2D eigenvalue weighted by molar-refractivity contribution is 0.104. The Morgan fingerprint density at radius 3 is 2.50 bits per heavy atom. The van der Waals surface area contributed by atoms with Crippen molar-refractivity contribution < 1.29 is 4.74 Å². The second kappa shape index (κ2) is 7.25. The van der Waals surface area contributed by atoms with Crippen molar-refractivity contribution in [2.24, 2.45) is 5.92 Å². The maximum Gasteiger partial charge on any atom is 0.0615 e. The van der Waals surface area contributed by atoms with Gasteiger partial charge >= 0.3 is 0 Å². The van der Waals surface area contributed by atoms with Crippen LogP contribution in [0.3, 0.4) is 0 Å². The average molecular weight is 228 g/mol. The summed E-state index contributed by atoms with van der Waals surface area (Å²) < 4.78 is 5.20. The van der Waals surface area contributed by atoms with Crippen molar-refractivity contribution in [1.82, 2.24) is 10.2 Å². The summed E-state index contributed by atoms with van der Waals surface area (Å²) in [5.74, 6) is 0.877. The van der Waals surface area contributed by atoms with Crippen molar-refractivity contribution >= 4 is 0 Å². The van der Waals surface area contributed by atoms with E-state index in [0.29, 0.717) is 12.1 Å². The first-order chi connectivity index (χ1) is 7.69. The first-order valence-electron chi connectivity index (χ1n) is 6.55. The Bertz CT molecular complexity index is 181. The molecule has 0 aromatic rings. The van der Waals surface area contributed by atoms with Gasteiger partial charge in [0, 0.05) is 25.7 Å². The molecule has 2 unspecified atom stereocenters. The predicted octanol–water partition coefficient (Wildman–Crippen LogP) is 1.73. The Balaban J connectivity index is 2.36. The zero-order chi connectivity index (χ0) is 12.0. The van der Waals surface area contributed by atoms with Crippen molar-refractivity contribution in [3.63, 3.8) is 0 Å². The molecule has 3 nitrogen and oxygen atoms in total. The minimum absolute atomic E-state index is 0.502. The van der Waals surface area contributed by atoms with Crippen LogP contribution in [0.15, 0.2) is 0 Å². The number of hydrogen-bond donors (Lipinski definition) is 1. The fourth-order valence-corrected chi connectivity index (χ4v) is 2.69. The first-order valence-corrected chi connectivity index (χ1v) is 6.55. The van der Waals surface area contributed by atoms with E-state index in [9.17, 15) is 0 Å². The van der Waals surface area contributed by atoms with Gasteiger partial charge in [0.2, 0.25) is 0 Å². The molecule has 0 aliphatic heterocycles. The van der Waals surface area contributed by atoms with Crippen LogP contribution < -0.4 is 5.32 Å². The Morgan fingerprint density at radius 1 is 1.38 bits per heavy atom. The summed E-state index contributed by atoms with van der Waals surface area (Å²) in [5.41, 5.74) is 0. The maximum atomic E-state index is 5.20. The molecule has 0 radical (unpaired) electrons. The van der Waals surface area contributed by atoms with E-state index in [4.69, 9.17) is 4.74 Å². The summed E-state index contributed by atoms with van der Waals surface area (Å²) in [7, 11) is 6.07. The lowest BCUT2D eigenvalue weighted by atomic mass is 9.97. The molecule has 1 saturated carbocycles. The Morgan fingerprint density at radius 2 is 2.00 bits per heavy atom. The number of rotatable bonds is 7. The number of methoxy groups -OCH3 is 1. The average Bonchev–Trinajstić information content (AvgIpc) is 2.79. The molecule has 0 amide bonds. The van der Waals surface area contributed by atoms with Crippen LogP contribution in [0.4, 0.5) is 0 Å². The normalized spacial score (nSPS) is 21.6. The van der Waals surface area contributed by atoms with Crippen molar-refractivity contribution in [3.8, 4) is 0 Å². The fraction of sp³-hybridized carbons (Fsp3) is 1.00. The molecule has 1 aliphatic carbocycles. The summed E-state index contributed by atoms with van der Waals surface area (Å²) in [6.07, 6.45) is 5.64. The summed E-state index contributed by atoms with van der Waals surface area (Å²) in [5, 5.41) is 3.49. The standard InChI is InChI=1S/C13H28N2O/c1-11(10-16-4)15(3)9-13(14-2)12-7-5-6-8-12/h11-14H,5-10H2,1-4H3. The van der Waals surface area contributed by atoms with E-state index in [2.05, 4.69) is 31.2 Å². The van der Waals surface area contributed by atoms with Crippen molar-refractivity contribution in [2.45, 2.75) is 44.7 Å². The molecule has 0 saturated heterocycles. The SMILES string of the molecule is CNC(CN(C)C(C)COC)C1CCCC1. The summed E-state index contributed by atoms with van der Waals surface area (Å²) >= 11 is 0. The molecule has 0 aromatic heterocycles. The topological polar surface area (TPSA) is 24.5 Å². The van der Waals surface area contributed by atoms with Gasteiger partial charge in [-0.15, -0.1) is 0 Å². The highest BCUT2D eigenvalue weighted by atomic mass is 16.5. The van der Waals surface area contributed by atoms with Gasteiger partial charge in [0.15, 0.2) is 0 Å². The van der Waals surface area contributed by atoms with Crippen molar-refractivity contribution in [2.75, 3.05) is 34.4 Å². The molecule has 96 valence electrons. The van der Waals surface area contributed by atoms with Gasteiger partial charge in [0.25, 0.3) is 0 Å². The molecule has 2 atom stereocenters. The lowest BCUT2D eigenvalue weighted by Crippen LogP contribution is -2.46. The molecule has 16 heavy (non-hydrogen) atoms. The number of ether oxygens (including phenoxy) is 1. The second-order valence-electron chi connectivity index (χ2n) is 5.18. The summed E-state index contributed by atoms with van der Waals surface area (Å²) in [6.45, 7) is 4.17. The third kappa shape index (κ3) is 4.04. The third-order valence-electron chi connectivity index (χ3n) is 3.98. The molecule has 0 heterocycles. The fourth-order valence-electron chi connectivity index (χ4n) is 2.69. The molecule has 0 bridgehead atoms. The third-order valence-corrected chi connectivity index (χ3v) is 3.98. The molecular formula is C13H28N2O. The molecule has 1 fully saturated rings. The van der Waals surface area contributed by atoms with Crippen LogP contribution in [-0.2, 0) is 4.74 Å². The number of nitrogens with one attached hydrogen (secondary N) is 1. The van der Waals surface area contributed by atoms with Crippen molar-refractivity contribution in [3.05, 3.63) is 0 Å². The quantitative estimate of drug-likeness (QED) is 0.718. The monoisotopic (exact) mass is 228 g/mol. The Labute approximate surface area is 101 Å². The highest BCUT2D eigenvalue weighted by molar-refractivity contribution is 4.82. The molecule has 1 N–H and O–H groups in total. The number of hydrogen-bond acceptors (Lipinski definition) is 3. The largest absolute Gasteiger partial charge is 0.383 e. The van der Waals surface area contributed by atoms with Crippen LogP contribution in [-0.4, -0.2) is 51.3 Å². The minimum atomic E-state index is 0.502. The summed E-state index contributed by atoms with van der Waals surface area (Å²) in [6, 6.07) is 1.15. The second-order valence-corrected chi connectivity index (χ2v) is 5.18. The van der Waals surface area contributed by atoms with E-state index in [1.165, 1.54) is 25.7 Å². The van der Waals surface area contributed by atoms with Crippen LogP contribution in [0.5, 0.6) is 0 Å². The van der Waals surface area contributed by atoms with Gasteiger partial charge in [-0.05, 0) is 39.8 Å². The van der Waals surface area contributed by atoms with Crippen LogP contribution in [0.25, 0.3) is 0 Å². The van der Waals surface area contributed by atoms with Gasteiger partial charge in [-0.1, -0.05) is 12.8 Å². The lowest BCUT2D eigenvalue weighted by Gasteiger charge is -2.31. The van der Waals surface area contributed by atoms with E-state index >= 15 is 0 Å². The molecule has 0 spiro atoms. The minimum Gasteiger partial charge on any atom is -0.383 e. The molecule has 1 rings (SSSR count). The number of likely N-dealkylation sites (N-methyl/N-ethyl adjacent to an activating group) is 2. The van der Waals surface area contributed by atoms with E-state index in [-0.39, 0.29) is 0 Å². The van der Waals surface area contributed by atoms with Gasteiger partial charge in [-0.2, -0.15) is 0 Å². The first kappa shape index (κ1) is 13.9.